The SMILES string of the molecule is CCCCCCCc1c(S(=O)(=O)[O-])cc2ccccc2c1CCCCCCC.CCCCCCCc1c(S(=O)(=O)[O-])cc2ccccc2c1CCCCCCC.[Ba+2]. The molecule has 0 aromatic heterocycles. The van der Waals surface area contributed by atoms with E-state index >= 15 is 0 Å². The van der Waals surface area contributed by atoms with E-state index in [2.05, 4.69) is 39.8 Å². The van der Waals surface area contributed by atoms with Crippen LogP contribution >= 0.6 is 0 Å². The zero-order valence-electron chi connectivity index (χ0n) is 35.7. The van der Waals surface area contributed by atoms with Crippen molar-refractivity contribution in [2.45, 2.75) is 192 Å². The number of unbranched alkanes of at least 4 members (excludes halogenated alkanes) is 16. The van der Waals surface area contributed by atoms with Crippen molar-refractivity contribution in [2.24, 2.45) is 0 Å². The molecule has 0 amide bonds. The quantitative estimate of drug-likeness (QED) is 0.0352. The Morgan fingerprint density at radius 3 is 0.930 bits per heavy atom. The van der Waals surface area contributed by atoms with E-state index in [1.54, 1.807) is 12.1 Å². The average molecular weight is 945 g/mol. The van der Waals surface area contributed by atoms with E-state index in [1.807, 2.05) is 36.4 Å². The van der Waals surface area contributed by atoms with E-state index in [9.17, 15) is 25.9 Å². The van der Waals surface area contributed by atoms with Crippen LogP contribution < -0.4 is 0 Å². The summed E-state index contributed by atoms with van der Waals surface area (Å²) in [5.74, 6) is 0. The molecule has 312 valence electrons. The summed E-state index contributed by atoms with van der Waals surface area (Å²) in [6.45, 7) is 8.77. The van der Waals surface area contributed by atoms with Gasteiger partial charge in [0.25, 0.3) is 0 Å². The Morgan fingerprint density at radius 1 is 0.386 bits per heavy atom. The van der Waals surface area contributed by atoms with Crippen molar-refractivity contribution in [1.82, 2.24) is 0 Å². The molecule has 0 saturated carbocycles. The van der Waals surface area contributed by atoms with Crippen LogP contribution in [0.5, 0.6) is 0 Å². The van der Waals surface area contributed by atoms with Crippen LogP contribution in [0.2, 0.25) is 0 Å². The Labute approximate surface area is 387 Å². The Bertz CT molecular complexity index is 1830. The third-order valence-electron chi connectivity index (χ3n) is 11.1. The fourth-order valence-electron chi connectivity index (χ4n) is 8.06. The molecule has 0 saturated heterocycles. The average Bonchev–Trinajstić information content (AvgIpc) is 3.17. The maximum Gasteiger partial charge on any atom is 2.00 e. The van der Waals surface area contributed by atoms with Crippen molar-refractivity contribution in [3.05, 3.63) is 82.9 Å². The predicted octanol–water partition coefficient (Wildman–Crippen LogP) is 13.2. The van der Waals surface area contributed by atoms with E-state index < -0.39 is 20.2 Å². The van der Waals surface area contributed by atoms with Crippen molar-refractivity contribution >= 4 is 90.7 Å². The van der Waals surface area contributed by atoms with E-state index in [-0.39, 0.29) is 58.7 Å². The van der Waals surface area contributed by atoms with Gasteiger partial charge >= 0.3 is 48.9 Å². The summed E-state index contributed by atoms with van der Waals surface area (Å²) in [5.41, 5.74) is 3.72. The zero-order chi connectivity index (χ0) is 40.8. The van der Waals surface area contributed by atoms with Gasteiger partial charge in [0.15, 0.2) is 0 Å². The first-order valence-electron chi connectivity index (χ1n) is 22.0. The van der Waals surface area contributed by atoms with Gasteiger partial charge in [0.05, 0.1) is 9.79 Å². The number of hydrogen-bond donors (Lipinski definition) is 0. The molecule has 57 heavy (non-hydrogen) atoms. The molecule has 4 aromatic rings. The van der Waals surface area contributed by atoms with E-state index in [0.29, 0.717) is 12.8 Å². The summed E-state index contributed by atoms with van der Waals surface area (Å²) in [6.07, 6.45) is 25.8. The second kappa shape index (κ2) is 28.3. The molecule has 0 aliphatic carbocycles. The first kappa shape index (κ1) is 51.9. The van der Waals surface area contributed by atoms with Crippen molar-refractivity contribution in [3.8, 4) is 0 Å². The van der Waals surface area contributed by atoms with Crippen LogP contribution in [0.15, 0.2) is 70.5 Å². The minimum absolute atomic E-state index is 0. The molecular weight excluding hydrogens is 874 g/mol. The molecule has 0 unspecified atom stereocenters. The van der Waals surface area contributed by atoms with Gasteiger partial charge in [-0.2, -0.15) is 0 Å². The molecule has 6 nitrogen and oxygen atoms in total. The zero-order valence-corrected chi connectivity index (χ0v) is 41.8. The Hall–Kier alpha value is -1.21. The first-order chi connectivity index (χ1) is 27.0. The van der Waals surface area contributed by atoms with Crippen LogP contribution in [0.1, 0.15) is 178 Å². The molecular formula is C48H70BaO6S2. The number of rotatable bonds is 26. The summed E-state index contributed by atoms with van der Waals surface area (Å²) in [6, 6.07) is 19.0. The fourth-order valence-corrected chi connectivity index (χ4v) is 9.66. The second-order valence-electron chi connectivity index (χ2n) is 15.7. The van der Waals surface area contributed by atoms with Gasteiger partial charge in [-0.3, -0.25) is 0 Å². The van der Waals surface area contributed by atoms with Crippen molar-refractivity contribution in [1.29, 1.82) is 0 Å². The Kier molecular flexibility index (Phi) is 25.8. The van der Waals surface area contributed by atoms with E-state index in [4.69, 9.17) is 0 Å². The number of fused-ring (bicyclic) bond motifs is 2. The van der Waals surface area contributed by atoms with Crippen LogP contribution in [0.4, 0.5) is 0 Å². The van der Waals surface area contributed by atoms with Crippen LogP contribution in [0.25, 0.3) is 21.5 Å². The molecule has 0 N–H and O–H groups in total. The molecule has 0 atom stereocenters. The van der Waals surface area contributed by atoms with Crippen molar-refractivity contribution in [2.75, 3.05) is 0 Å². The summed E-state index contributed by atoms with van der Waals surface area (Å²) in [5, 5.41) is 3.92. The number of benzene rings is 4. The minimum Gasteiger partial charge on any atom is -0.744 e. The predicted molar refractivity (Wildman–Crippen MR) is 239 cm³/mol. The Morgan fingerprint density at radius 2 is 0.649 bits per heavy atom. The maximum absolute atomic E-state index is 12.0. The summed E-state index contributed by atoms with van der Waals surface area (Å²) in [7, 11) is -8.97. The first-order valence-corrected chi connectivity index (χ1v) is 24.8. The normalized spacial score (nSPS) is 11.8. The molecule has 0 radical (unpaired) electrons. The third-order valence-corrected chi connectivity index (χ3v) is 12.9. The standard InChI is InChI=1S/2C24H36O3S.Ba/c2*1-3-5-7-9-11-17-22-21-16-14-13-15-20(21)19-24(28(25,26)27)23(22)18-12-10-8-6-4-2;/h2*13-16,19H,3-12,17-18H2,1-2H3,(H,25,26,27);/q;;+2/p-2. The molecule has 4 aromatic carbocycles. The molecule has 0 spiro atoms. The molecule has 0 fully saturated rings. The van der Waals surface area contributed by atoms with E-state index in [1.165, 1.54) is 64.2 Å². The van der Waals surface area contributed by atoms with Gasteiger partial charge in [-0.25, -0.2) is 16.8 Å². The van der Waals surface area contributed by atoms with Gasteiger partial charge in [0.2, 0.25) is 0 Å². The molecule has 0 bridgehead atoms. The monoisotopic (exact) mass is 944 g/mol. The largest absolute Gasteiger partial charge is 2.00 e. The van der Waals surface area contributed by atoms with Crippen LogP contribution in [-0.2, 0) is 45.9 Å². The van der Waals surface area contributed by atoms with E-state index in [0.717, 1.165) is 121 Å². The molecule has 0 heterocycles. The van der Waals surface area contributed by atoms with Gasteiger partial charge in [0.1, 0.15) is 20.2 Å². The van der Waals surface area contributed by atoms with Crippen molar-refractivity contribution in [3.63, 3.8) is 0 Å². The minimum atomic E-state index is -4.48. The summed E-state index contributed by atoms with van der Waals surface area (Å²) < 4.78 is 72.3. The smallest absolute Gasteiger partial charge is 0.744 e. The maximum atomic E-state index is 12.0. The number of aryl methyl sites for hydroxylation is 2. The molecule has 4 rings (SSSR count). The van der Waals surface area contributed by atoms with Crippen LogP contribution in [0, 0.1) is 0 Å². The Balaban J connectivity index is 0.000000387. The third kappa shape index (κ3) is 17.7. The molecule has 0 aliphatic heterocycles. The molecule has 0 aliphatic rings. The van der Waals surface area contributed by atoms with Crippen LogP contribution in [-0.4, -0.2) is 74.8 Å². The number of hydrogen-bond acceptors (Lipinski definition) is 6. The second-order valence-corrected chi connectivity index (χ2v) is 18.4. The summed E-state index contributed by atoms with van der Waals surface area (Å²) >= 11 is 0. The topological polar surface area (TPSA) is 114 Å². The van der Waals surface area contributed by atoms with Gasteiger partial charge in [0, 0.05) is 0 Å². The van der Waals surface area contributed by atoms with Gasteiger partial charge in [-0.1, -0.05) is 179 Å². The van der Waals surface area contributed by atoms with Gasteiger partial charge in [-0.05, 0) is 107 Å². The molecule has 9 heteroatoms. The van der Waals surface area contributed by atoms with Gasteiger partial charge < -0.3 is 9.11 Å². The van der Waals surface area contributed by atoms with Crippen LogP contribution in [0.3, 0.4) is 0 Å². The summed E-state index contributed by atoms with van der Waals surface area (Å²) in [4.78, 5) is 0.00972. The van der Waals surface area contributed by atoms with Gasteiger partial charge in [-0.15, -0.1) is 0 Å². The van der Waals surface area contributed by atoms with Crippen molar-refractivity contribution < 1.29 is 25.9 Å². The fraction of sp³-hybridized carbons (Fsp3) is 0.583.